The van der Waals surface area contributed by atoms with Crippen LogP contribution in [-0.4, -0.2) is 29.8 Å². The lowest BCUT2D eigenvalue weighted by molar-refractivity contribution is -0.145. The molecule has 0 amide bonds. The van der Waals surface area contributed by atoms with Crippen LogP contribution < -0.4 is 0 Å². The summed E-state index contributed by atoms with van der Waals surface area (Å²) in [6.45, 7) is 4.92. The standard InChI is InChI=1S/C16H18N2O3S/c1-10-4-5-13(6-11(10)2)22-9-16(20)21-8-15(19)14(7-17)12(3)18/h4-6,14,18H,8-9H2,1-3H3/t14-/m0/s1. The molecule has 6 heteroatoms. The largest absolute Gasteiger partial charge is 0.457 e. The summed E-state index contributed by atoms with van der Waals surface area (Å²) in [5.74, 6) is -2.13. The maximum absolute atomic E-state index is 11.6. The van der Waals surface area contributed by atoms with Crippen molar-refractivity contribution in [3.63, 3.8) is 0 Å². The first-order chi connectivity index (χ1) is 10.3. The van der Waals surface area contributed by atoms with Crippen molar-refractivity contribution in [1.29, 1.82) is 10.7 Å². The van der Waals surface area contributed by atoms with Crippen LogP contribution in [0.4, 0.5) is 0 Å². The molecule has 1 N–H and O–H groups in total. The number of nitrogens with one attached hydrogen (secondary N) is 1. The molecular formula is C16H18N2O3S. The topological polar surface area (TPSA) is 91.0 Å². The predicted molar refractivity (Wildman–Crippen MR) is 85.1 cm³/mol. The number of hydrogen-bond donors (Lipinski definition) is 1. The van der Waals surface area contributed by atoms with E-state index in [0.29, 0.717) is 0 Å². The highest BCUT2D eigenvalue weighted by molar-refractivity contribution is 8.00. The Bertz CT molecular complexity index is 635. The summed E-state index contributed by atoms with van der Waals surface area (Å²) in [6.07, 6.45) is 0. The van der Waals surface area contributed by atoms with Gasteiger partial charge in [0.15, 0.2) is 12.4 Å². The van der Waals surface area contributed by atoms with E-state index in [2.05, 4.69) is 0 Å². The molecule has 116 valence electrons. The zero-order valence-electron chi connectivity index (χ0n) is 12.8. The average Bonchev–Trinajstić information content (AvgIpc) is 2.46. The smallest absolute Gasteiger partial charge is 0.316 e. The highest BCUT2D eigenvalue weighted by Crippen LogP contribution is 2.21. The van der Waals surface area contributed by atoms with Gasteiger partial charge in [-0.15, -0.1) is 11.8 Å². The van der Waals surface area contributed by atoms with Crippen LogP contribution in [0.1, 0.15) is 18.1 Å². The van der Waals surface area contributed by atoms with Crippen LogP contribution in [-0.2, 0) is 14.3 Å². The van der Waals surface area contributed by atoms with E-state index in [4.69, 9.17) is 15.4 Å². The van der Waals surface area contributed by atoms with Gasteiger partial charge in [-0.25, -0.2) is 0 Å². The minimum atomic E-state index is -1.14. The summed E-state index contributed by atoms with van der Waals surface area (Å²) in [5, 5.41) is 16.1. The molecule has 0 aliphatic heterocycles. The van der Waals surface area contributed by atoms with Crippen LogP contribution in [0.15, 0.2) is 23.1 Å². The normalized spacial score (nSPS) is 11.4. The maximum atomic E-state index is 11.6. The minimum Gasteiger partial charge on any atom is -0.457 e. The van der Waals surface area contributed by atoms with E-state index < -0.39 is 24.3 Å². The van der Waals surface area contributed by atoms with E-state index in [1.54, 1.807) is 6.07 Å². The number of Topliss-reactive ketones (excluding diaryl/α,β-unsaturated/α-hetero) is 1. The number of benzene rings is 1. The van der Waals surface area contributed by atoms with Crippen LogP contribution >= 0.6 is 11.8 Å². The van der Waals surface area contributed by atoms with Crippen molar-refractivity contribution in [1.82, 2.24) is 0 Å². The van der Waals surface area contributed by atoms with E-state index in [9.17, 15) is 9.59 Å². The zero-order valence-corrected chi connectivity index (χ0v) is 13.6. The number of aryl methyl sites for hydroxylation is 2. The van der Waals surface area contributed by atoms with Gasteiger partial charge in [0.05, 0.1) is 11.8 Å². The molecule has 0 heterocycles. The first kappa shape index (κ1) is 17.9. The van der Waals surface area contributed by atoms with Crippen LogP contribution in [0.5, 0.6) is 0 Å². The highest BCUT2D eigenvalue weighted by atomic mass is 32.2. The van der Waals surface area contributed by atoms with E-state index in [0.717, 1.165) is 10.5 Å². The van der Waals surface area contributed by atoms with Crippen LogP contribution in [0, 0.1) is 36.5 Å². The third-order valence-electron chi connectivity index (χ3n) is 3.09. The van der Waals surface area contributed by atoms with Gasteiger partial charge in [0.2, 0.25) is 0 Å². The number of hydrogen-bond acceptors (Lipinski definition) is 6. The van der Waals surface area contributed by atoms with Crippen molar-refractivity contribution in [3.05, 3.63) is 29.3 Å². The van der Waals surface area contributed by atoms with Crippen LogP contribution in [0.25, 0.3) is 0 Å². The highest BCUT2D eigenvalue weighted by Gasteiger charge is 2.21. The van der Waals surface area contributed by atoms with Gasteiger partial charge in [-0.1, -0.05) is 6.07 Å². The lowest BCUT2D eigenvalue weighted by Crippen LogP contribution is -2.26. The van der Waals surface area contributed by atoms with Crippen LogP contribution in [0.2, 0.25) is 0 Å². The van der Waals surface area contributed by atoms with Gasteiger partial charge in [-0.3, -0.25) is 9.59 Å². The molecule has 0 aromatic heterocycles. The molecule has 5 nitrogen and oxygen atoms in total. The van der Waals surface area contributed by atoms with Crippen molar-refractivity contribution in [2.75, 3.05) is 12.4 Å². The summed E-state index contributed by atoms with van der Waals surface area (Å²) in [4.78, 5) is 24.2. The van der Waals surface area contributed by atoms with Crippen molar-refractivity contribution in [2.45, 2.75) is 25.7 Å². The number of esters is 1. The first-order valence-corrected chi connectivity index (χ1v) is 7.66. The Morgan fingerprint density at radius 3 is 2.59 bits per heavy atom. The fraction of sp³-hybridized carbons (Fsp3) is 0.375. The summed E-state index contributed by atoms with van der Waals surface area (Å²) < 4.78 is 4.86. The number of nitriles is 1. The maximum Gasteiger partial charge on any atom is 0.316 e. The molecule has 0 bridgehead atoms. The van der Waals surface area contributed by atoms with Crippen molar-refractivity contribution in [3.8, 4) is 6.07 Å². The lowest BCUT2D eigenvalue weighted by Gasteiger charge is -2.08. The first-order valence-electron chi connectivity index (χ1n) is 6.68. The molecular weight excluding hydrogens is 300 g/mol. The molecule has 0 aliphatic rings. The molecule has 0 spiro atoms. The number of rotatable bonds is 7. The van der Waals surface area contributed by atoms with E-state index >= 15 is 0 Å². The number of nitrogens with zero attached hydrogens (tertiary/aromatic N) is 1. The summed E-state index contributed by atoms with van der Waals surface area (Å²) in [6, 6.07) is 7.62. The molecule has 0 aliphatic carbocycles. The molecule has 1 aromatic carbocycles. The van der Waals surface area contributed by atoms with E-state index in [-0.39, 0.29) is 11.5 Å². The molecule has 0 unspecified atom stereocenters. The average molecular weight is 318 g/mol. The molecule has 0 fully saturated rings. The number of thioether (sulfide) groups is 1. The summed E-state index contributed by atoms with van der Waals surface area (Å²) >= 11 is 1.33. The van der Waals surface area contributed by atoms with Gasteiger partial charge in [0.1, 0.15) is 5.92 Å². The Hall–Kier alpha value is -2.13. The quantitative estimate of drug-likeness (QED) is 0.474. The Balaban J connectivity index is 2.44. The van der Waals surface area contributed by atoms with Gasteiger partial charge < -0.3 is 10.1 Å². The molecule has 0 radical (unpaired) electrons. The molecule has 0 saturated carbocycles. The number of ether oxygens (including phenoxy) is 1. The number of ketones is 1. The fourth-order valence-electron chi connectivity index (χ4n) is 1.63. The van der Waals surface area contributed by atoms with Gasteiger partial charge >= 0.3 is 5.97 Å². The van der Waals surface area contributed by atoms with Gasteiger partial charge in [-0.05, 0) is 44.0 Å². The fourth-order valence-corrected chi connectivity index (χ4v) is 2.43. The Kier molecular flexibility index (Phi) is 6.80. The number of carbonyl (C=O) groups is 2. The molecule has 0 saturated heterocycles. The van der Waals surface area contributed by atoms with Crippen molar-refractivity contribution < 1.29 is 14.3 Å². The summed E-state index contributed by atoms with van der Waals surface area (Å²) in [5.41, 5.74) is 2.28. The second-order valence-corrected chi connectivity index (χ2v) is 5.96. The molecule has 22 heavy (non-hydrogen) atoms. The van der Waals surface area contributed by atoms with Crippen LogP contribution in [0.3, 0.4) is 0 Å². The second kappa shape index (κ2) is 8.35. The van der Waals surface area contributed by atoms with Crippen molar-refractivity contribution in [2.24, 2.45) is 5.92 Å². The van der Waals surface area contributed by atoms with E-state index in [1.165, 1.54) is 24.2 Å². The minimum absolute atomic E-state index is 0.0481. The lowest BCUT2D eigenvalue weighted by atomic mass is 10.0. The molecule has 1 rings (SSSR count). The van der Waals surface area contributed by atoms with Gasteiger partial charge in [0, 0.05) is 10.6 Å². The summed E-state index contributed by atoms with van der Waals surface area (Å²) in [7, 11) is 0. The van der Waals surface area contributed by atoms with E-state index in [1.807, 2.05) is 32.0 Å². The third kappa shape index (κ3) is 5.34. The molecule has 1 aromatic rings. The third-order valence-corrected chi connectivity index (χ3v) is 4.06. The predicted octanol–water partition coefficient (Wildman–Crippen LogP) is 2.69. The zero-order chi connectivity index (χ0) is 16.7. The van der Waals surface area contributed by atoms with Crippen molar-refractivity contribution >= 4 is 29.2 Å². The Labute approximate surface area is 134 Å². The second-order valence-electron chi connectivity index (χ2n) is 4.91. The molecule has 1 atom stereocenters. The number of carbonyl (C=O) groups excluding carboxylic acids is 2. The van der Waals surface area contributed by atoms with Gasteiger partial charge in [-0.2, -0.15) is 5.26 Å². The Morgan fingerprint density at radius 1 is 1.36 bits per heavy atom. The monoisotopic (exact) mass is 318 g/mol. The Morgan fingerprint density at radius 2 is 2.05 bits per heavy atom. The SMILES string of the molecule is CC(=N)[C@H](C#N)C(=O)COC(=O)CSc1ccc(C)c(C)c1. The van der Waals surface area contributed by atoms with Gasteiger partial charge in [0.25, 0.3) is 0 Å².